The molecular weight excluding hydrogens is 417 g/mol. The number of halogens is 2. The lowest BCUT2D eigenvalue weighted by Gasteiger charge is -2.08. The van der Waals surface area contributed by atoms with Gasteiger partial charge in [-0.1, -0.05) is 41.9 Å². The maximum Gasteiger partial charge on any atom is 0.253 e. The number of ether oxygens (including phenoxy) is 1. The molecule has 2 N–H and O–H groups in total. The first-order valence-corrected chi connectivity index (χ1v) is 9.93. The Hall–Kier alpha value is -3.64. The predicted octanol–water partition coefficient (Wildman–Crippen LogP) is 5.47. The Bertz CT molecular complexity index is 1240. The second kappa shape index (κ2) is 9.02. The van der Waals surface area contributed by atoms with Crippen molar-refractivity contribution in [2.24, 2.45) is 0 Å². The normalized spacial score (nSPS) is 10.7. The minimum Gasteiger partial charge on any atom is -0.497 e. The average Bonchev–Trinajstić information content (AvgIpc) is 3.28. The van der Waals surface area contributed by atoms with Crippen LogP contribution in [-0.4, -0.2) is 23.0 Å². The lowest BCUT2D eigenvalue weighted by molar-refractivity contribution is 0.0951. The topological polar surface area (TPSA) is 67.0 Å². The minimum absolute atomic E-state index is 0.0758. The number of aromatic nitrogens is 2. The molecule has 7 heteroatoms. The van der Waals surface area contributed by atoms with Gasteiger partial charge in [-0.2, -0.15) is 0 Å². The molecule has 0 unspecified atom stereocenters. The van der Waals surface area contributed by atoms with E-state index in [2.05, 4.69) is 15.3 Å². The summed E-state index contributed by atoms with van der Waals surface area (Å²) in [5, 5.41) is 2.88. The zero-order valence-electron chi connectivity index (χ0n) is 16.7. The maximum atomic E-state index is 13.2. The van der Waals surface area contributed by atoms with Crippen LogP contribution in [0.3, 0.4) is 0 Å². The highest BCUT2D eigenvalue weighted by Crippen LogP contribution is 2.25. The van der Waals surface area contributed by atoms with E-state index in [1.54, 1.807) is 13.3 Å². The zero-order chi connectivity index (χ0) is 21.8. The van der Waals surface area contributed by atoms with Gasteiger partial charge in [0, 0.05) is 17.7 Å². The molecule has 1 heterocycles. The Labute approximate surface area is 183 Å². The maximum absolute atomic E-state index is 13.2. The van der Waals surface area contributed by atoms with E-state index in [1.165, 1.54) is 12.1 Å². The molecule has 0 fully saturated rings. The standard InChI is InChI=1S/C24H19ClFN3O2/c1-31-19-7-3-5-16(11-19)22-14-27-23(29-22)17-6-2-4-15(10-17)13-28-24(30)20-9-8-18(26)12-21(20)25/h2-12,14H,13H2,1H3,(H,27,29)(H,28,30). The summed E-state index contributed by atoms with van der Waals surface area (Å²) < 4.78 is 18.5. The van der Waals surface area contributed by atoms with Crippen LogP contribution in [0.4, 0.5) is 4.39 Å². The van der Waals surface area contributed by atoms with E-state index in [4.69, 9.17) is 16.3 Å². The van der Waals surface area contributed by atoms with Crippen molar-refractivity contribution in [3.63, 3.8) is 0 Å². The fourth-order valence-electron chi connectivity index (χ4n) is 3.18. The summed E-state index contributed by atoms with van der Waals surface area (Å²) >= 11 is 5.96. The molecule has 5 nitrogen and oxygen atoms in total. The second-order valence-electron chi connectivity index (χ2n) is 6.88. The zero-order valence-corrected chi connectivity index (χ0v) is 17.4. The minimum atomic E-state index is -0.485. The van der Waals surface area contributed by atoms with Crippen molar-refractivity contribution in [1.29, 1.82) is 0 Å². The van der Waals surface area contributed by atoms with Crippen molar-refractivity contribution >= 4 is 17.5 Å². The van der Waals surface area contributed by atoms with Crippen LogP contribution in [0, 0.1) is 5.82 Å². The van der Waals surface area contributed by atoms with Crippen LogP contribution in [0.15, 0.2) is 72.9 Å². The van der Waals surface area contributed by atoms with E-state index in [-0.39, 0.29) is 16.5 Å². The number of imidazole rings is 1. The average molecular weight is 436 g/mol. The first-order valence-electron chi connectivity index (χ1n) is 9.55. The number of hydrogen-bond donors (Lipinski definition) is 2. The highest BCUT2D eigenvalue weighted by atomic mass is 35.5. The highest BCUT2D eigenvalue weighted by Gasteiger charge is 2.12. The molecular formula is C24H19ClFN3O2. The van der Waals surface area contributed by atoms with Gasteiger partial charge >= 0.3 is 0 Å². The molecule has 1 amide bonds. The summed E-state index contributed by atoms with van der Waals surface area (Å²) in [5.41, 5.74) is 3.86. The number of H-pyrrole nitrogens is 1. The SMILES string of the molecule is COc1cccc(-c2cnc(-c3cccc(CNC(=O)c4ccc(F)cc4Cl)c3)[nH]2)c1. The molecule has 3 aromatic carbocycles. The van der Waals surface area contributed by atoms with Gasteiger partial charge in [-0.15, -0.1) is 0 Å². The molecule has 0 bridgehead atoms. The summed E-state index contributed by atoms with van der Waals surface area (Å²) in [6.45, 7) is 0.295. The van der Waals surface area contributed by atoms with Crippen LogP contribution < -0.4 is 10.1 Å². The first kappa shape index (κ1) is 20.6. The van der Waals surface area contributed by atoms with Gasteiger partial charge in [-0.25, -0.2) is 9.37 Å². The summed E-state index contributed by atoms with van der Waals surface area (Å²) in [5.74, 6) is 0.634. The van der Waals surface area contributed by atoms with E-state index < -0.39 is 5.82 Å². The van der Waals surface area contributed by atoms with Crippen molar-refractivity contribution in [3.05, 3.63) is 94.9 Å². The van der Waals surface area contributed by atoms with Crippen LogP contribution in [-0.2, 0) is 6.54 Å². The van der Waals surface area contributed by atoms with Crippen molar-refractivity contribution in [3.8, 4) is 28.4 Å². The van der Waals surface area contributed by atoms with Gasteiger partial charge in [-0.05, 0) is 42.0 Å². The second-order valence-corrected chi connectivity index (χ2v) is 7.29. The molecule has 0 aliphatic carbocycles. The smallest absolute Gasteiger partial charge is 0.253 e. The lowest BCUT2D eigenvalue weighted by atomic mass is 10.1. The van der Waals surface area contributed by atoms with Crippen molar-refractivity contribution < 1.29 is 13.9 Å². The van der Waals surface area contributed by atoms with Gasteiger partial charge in [0.05, 0.1) is 29.6 Å². The van der Waals surface area contributed by atoms with E-state index in [9.17, 15) is 9.18 Å². The predicted molar refractivity (Wildman–Crippen MR) is 119 cm³/mol. The number of carbonyl (C=O) groups is 1. The molecule has 0 atom stereocenters. The van der Waals surface area contributed by atoms with Gasteiger partial charge in [0.2, 0.25) is 0 Å². The number of carbonyl (C=O) groups excluding carboxylic acids is 1. The Morgan fingerprint density at radius 1 is 1.10 bits per heavy atom. The van der Waals surface area contributed by atoms with E-state index in [0.29, 0.717) is 12.4 Å². The summed E-state index contributed by atoms with van der Waals surface area (Å²) in [6.07, 6.45) is 1.77. The molecule has 156 valence electrons. The van der Waals surface area contributed by atoms with Gasteiger partial charge < -0.3 is 15.0 Å². The number of benzene rings is 3. The summed E-state index contributed by atoms with van der Waals surface area (Å²) in [6, 6.07) is 19.1. The molecule has 1 aromatic heterocycles. The molecule has 4 aromatic rings. The largest absolute Gasteiger partial charge is 0.497 e. The number of nitrogens with one attached hydrogen (secondary N) is 2. The lowest BCUT2D eigenvalue weighted by Crippen LogP contribution is -2.23. The van der Waals surface area contributed by atoms with Crippen molar-refractivity contribution in [2.75, 3.05) is 7.11 Å². The number of hydrogen-bond acceptors (Lipinski definition) is 3. The van der Waals surface area contributed by atoms with Crippen LogP contribution >= 0.6 is 11.6 Å². The van der Waals surface area contributed by atoms with Gasteiger partial charge in [0.15, 0.2) is 0 Å². The number of aromatic amines is 1. The molecule has 0 saturated carbocycles. The number of nitrogens with zero attached hydrogens (tertiary/aromatic N) is 1. The van der Waals surface area contributed by atoms with Crippen molar-refractivity contribution in [2.45, 2.75) is 6.54 Å². The van der Waals surface area contributed by atoms with E-state index >= 15 is 0 Å². The van der Waals surface area contributed by atoms with Gasteiger partial charge in [-0.3, -0.25) is 4.79 Å². The summed E-state index contributed by atoms with van der Waals surface area (Å²) in [4.78, 5) is 20.2. The Morgan fingerprint density at radius 2 is 1.90 bits per heavy atom. The molecule has 4 rings (SSSR count). The third-order valence-electron chi connectivity index (χ3n) is 4.79. The van der Waals surface area contributed by atoms with Crippen LogP contribution in [0.1, 0.15) is 15.9 Å². The monoisotopic (exact) mass is 435 g/mol. The Morgan fingerprint density at radius 3 is 2.71 bits per heavy atom. The fraction of sp³-hybridized carbons (Fsp3) is 0.0833. The number of amides is 1. The Kier molecular flexibility index (Phi) is 6.00. The fourth-order valence-corrected chi connectivity index (χ4v) is 3.44. The molecule has 0 radical (unpaired) electrons. The molecule has 0 aliphatic heterocycles. The molecule has 31 heavy (non-hydrogen) atoms. The van der Waals surface area contributed by atoms with Crippen molar-refractivity contribution in [1.82, 2.24) is 15.3 Å². The quantitative estimate of drug-likeness (QED) is 0.421. The van der Waals surface area contributed by atoms with Gasteiger partial charge in [0.1, 0.15) is 17.4 Å². The third-order valence-corrected chi connectivity index (χ3v) is 5.10. The summed E-state index contributed by atoms with van der Waals surface area (Å²) in [7, 11) is 1.63. The van der Waals surface area contributed by atoms with Crippen LogP contribution in [0.5, 0.6) is 5.75 Å². The third kappa shape index (κ3) is 4.75. The van der Waals surface area contributed by atoms with Gasteiger partial charge in [0.25, 0.3) is 5.91 Å². The van der Waals surface area contributed by atoms with Crippen LogP contribution in [0.25, 0.3) is 22.6 Å². The molecule has 0 spiro atoms. The van der Waals surface area contributed by atoms with E-state index in [0.717, 1.165) is 34.2 Å². The highest BCUT2D eigenvalue weighted by molar-refractivity contribution is 6.33. The number of rotatable bonds is 6. The number of methoxy groups -OCH3 is 1. The first-order chi connectivity index (χ1) is 15.0. The Balaban J connectivity index is 1.48. The molecule has 0 aliphatic rings. The van der Waals surface area contributed by atoms with Crippen LogP contribution in [0.2, 0.25) is 5.02 Å². The van der Waals surface area contributed by atoms with E-state index in [1.807, 2.05) is 48.5 Å². The molecule has 0 saturated heterocycles.